The van der Waals surface area contributed by atoms with E-state index in [1.54, 1.807) is 18.3 Å². The highest BCUT2D eigenvalue weighted by Crippen LogP contribution is 2.23. The molecule has 2 rings (SSSR count). The minimum absolute atomic E-state index is 0.00833. The molecule has 1 saturated heterocycles. The number of piperidine rings is 1. The molecule has 1 aromatic heterocycles. The van der Waals surface area contributed by atoms with Gasteiger partial charge in [0.25, 0.3) is 5.91 Å². The highest BCUT2D eigenvalue weighted by Gasteiger charge is 2.27. The predicted molar refractivity (Wildman–Crippen MR) is 67.5 cm³/mol. The van der Waals surface area contributed by atoms with Gasteiger partial charge in [-0.15, -0.1) is 0 Å². The molecule has 92 valence electrons. The number of hydrogen-bond donors (Lipinski definition) is 1. The van der Waals surface area contributed by atoms with Crippen LogP contribution in [0.5, 0.6) is 0 Å². The molecule has 0 radical (unpaired) electrons. The largest absolute Gasteiger partial charge is 0.383 e. The molecule has 1 aromatic rings. The molecule has 0 aromatic carbocycles. The average molecular weight is 233 g/mol. The van der Waals surface area contributed by atoms with Gasteiger partial charge in [-0.3, -0.25) is 4.79 Å². The van der Waals surface area contributed by atoms with Gasteiger partial charge in [0.15, 0.2) is 0 Å². The van der Waals surface area contributed by atoms with E-state index < -0.39 is 0 Å². The van der Waals surface area contributed by atoms with Crippen LogP contribution in [0.15, 0.2) is 18.3 Å². The number of amides is 1. The molecular weight excluding hydrogens is 214 g/mol. The normalized spacial score (nSPS) is 24.7. The number of nitrogen functional groups attached to an aromatic ring is 1. The van der Waals surface area contributed by atoms with Crippen LogP contribution in [0.4, 0.5) is 5.82 Å². The van der Waals surface area contributed by atoms with Crippen LogP contribution in [-0.2, 0) is 0 Å². The van der Waals surface area contributed by atoms with Gasteiger partial charge in [-0.25, -0.2) is 4.98 Å². The van der Waals surface area contributed by atoms with Gasteiger partial charge in [0, 0.05) is 19.3 Å². The average Bonchev–Trinajstić information content (AvgIpc) is 2.27. The lowest BCUT2D eigenvalue weighted by molar-refractivity contribution is 0.0624. The number of carbonyl (C=O) groups excluding carboxylic acids is 1. The summed E-state index contributed by atoms with van der Waals surface area (Å²) in [5.74, 6) is 1.44. The summed E-state index contributed by atoms with van der Waals surface area (Å²) in [7, 11) is 0. The molecule has 4 heteroatoms. The summed E-state index contributed by atoms with van der Waals surface area (Å²) in [4.78, 5) is 18.2. The first-order valence-corrected chi connectivity index (χ1v) is 6.07. The van der Waals surface area contributed by atoms with Gasteiger partial charge in [-0.05, 0) is 30.4 Å². The van der Waals surface area contributed by atoms with Crippen molar-refractivity contribution in [3.63, 3.8) is 0 Å². The van der Waals surface area contributed by atoms with Crippen molar-refractivity contribution in [1.82, 2.24) is 9.88 Å². The van der Waals surface area contributed by atoms with Gasteiger partial charge in [-0.1, -0.05) is 13.8 Å². The summed E-state index contributed by atoms with van der Waals surface area (Å²) < 4.78 is 0. The Bertz CT molecular complexity index is 409. The molecule has 2 N–H and O–H groups in total. The van der Waals surface area contributed by atoms with Crippen molar-refractivity contribution in [2.45, 2.75) is 20.3 Å². The zero-order chi connectivity index (χ0) is 12.4. The van der Waals surface area contributed by atoms with E-state index in [1.807, 2.05) is 4.90 Å². The lowest BCUT2D eigenvalue weighted by atomic mass is 9.91. The SMILES string of the molecule is CC1CC(C)CN(C(=O)c2cccnc2N)C1. The molecule has 1 aliphatic rings. The molecule has 0 spiro atoms. The van der Waals surface area contributed by atoms with Crippen molar-refractivity contribution in [2.24, 2.45) is 11.8 Å². The molecule has 2 heterocycles. The number of anilines is 1. The molecule has 2 unspecified atom stereocenters. The molecule has 17 heavy (non-hydrogen) atoms. The molecule has 0 aliphatic carbocycles. The fourth-order valence-corrected chi connectivity index (χ4v) is 2.60. The van der Waals surface area contributed by atoms with Gasteiger partial charge in [0.1, 0.15) is 5.82 Å². The summed E-state index contributed by atoms with van der Waals surface area (Å²) in [5, 5.41) is 0. The molecule has 1 fully saturated rings. The summed E-state index contributed by atoms with van der Waals surface area (Å²) in [5.41, 5.74) is 6.26. The van der Waals surface area contributed by atoms with E-state index in [0.29, 0.717) is 23.2 Å². The van der Waals surface area contributed by atoms with E-state index in [9.17, 15) is 4.79 Å². The minimum Gasteiger partial charge on any atom is -0.383 e. The minimum atomic E-state index is 0.00833. The Labute approximate surface area is 102 Å². The quantitative estimate of drug-likeness (QED) is 0.804. The third kappa shape index (κ3) is 2.57. The number of carbonyl (C=O) groups is 1. The Kier molecular flexibility index (Phi) is 3.31. The molecule has 2 atom stereocenters. The third-order valence-corrected chi connectivity index (χ3v) is 3.23. The zero-order valence-electron chi connectivity index (χ0n) is 10.4. The van der Waals surface area contributed by atoms with E-state index in [2.05, 4.69) is 18.8 Å². The molecular formula is C13H19N3O. The molecule has 0 bridgehead atoms. The van der Waals surface area contributed by atoms with Crippen LogP contribution in [-0.4, -0.2) is 28.9 Å². The summed E-state index contributed by atoms with van der Waals surface area (Å²) in [6.07, 6.45) is 2.79. The van der Waals surface area contributed by atoms with Crippen molar-refractivity contribution >= 4 is 11.7 Å². The summed E-state index contributed by atoms with van der Waals surface area (Å²) in [6.45, 7) is 6.00. The maximum atomic E-state index is 12.3. The fourth-order valence-electron chi connectivity index (χ4n) is 2.60. The number of pyridine rings is 1. The van der Waals surface area contributed by atoms with Crippen LogP contribution in [0, 0.1) is 11.8 Å². The second-order valence-corrected chi connectivity index (χ2v) is 5.09. The molecule has 1 amide bonds. The van der Waals surface area contributed by atoms with Crippen LogP contribution in [0.3, 0.4) is 0 Å². The predicted octanol–water partition coefficient (Wildman–Crippen LogP) is 1.78. The van der Waals surface area contributed by atoms with Gasteiger partial charge in [0.05, 0.1) is 5.56 Å². The second kappa shape index (κ2) is 4.73. The van der Waals surface area contributed by atoms with Crippen molar-refractivity contribution in [1.29, 1.82) is 0 Å². The topological polar surface area (TPSA) is 59.2 Å². The first-order chi connectivity index (χ1) is 8.08. The smallest absolute Gasteiger partial charge is 0.257 e. The first-order valence-electron chi connectivity index (χ1n) is 6.07. The van der Waals surface area contributed by atoms with Crippen molar-refractivity contribution in [2.75, 3.05) is 18.8 Å². The van der Waals surface area contributed by atoms with Gasteiger partial charge in [-0.2, -0.15) is 0 Å². The van der Waals surface area contributed by atoms with Gasteiger partial charge >= 0.3 is 0 Å². The maximum absolute atomic E-state index is 12.3. The third-order valence-electron chi connectivity index (χ3n) is 3.23. The number of nitrogens with two attached hydrogens (primary N) is 1. The lowest BCUT2D eigenvalue weighted by Crippen LogP contribution is -2.42. The van der Waals surface area contributed by atoms with Crippen LogP contribution >= 0.6 is 0 Å². The molecule has 0 saturated carbocycles. The van der Waals surface area contributed by atoms with Gasteiger partial charge < -0.3 is 10.6 Å². The van der Waals surface area contributed by atoms with Crippen LogP contribution in [0.1, 0.15) is 30.6 Å². The van der Waals surface area contributed by atoms with Gasteiger partial charge in [0.2, 0.25) is 0 Å². The fraction of sp³-hybridized carbons (Fsp3) is 0.538. The van der Waals surface area contributed by atoms with Crippen LogP contribution in [0.25, 0.3) is 0 Å². The molecule has 4 nitrogen and oxygen atoms in total. The Hall–Kier alpha value is -1.58. The number of likely N-dealkylation sites (tertiary alicyclic amines) is 1. The van der Waals surface area contributed by atoms with Crippen LogP contribution in [0.2, 0.25) is 0 Å². The highest BCUT2D eigenvalue weighted by molar-refractivity contribution is 5.98. The van der Waals surface area contributed by atoms with E-state index in [0.717, 1.165) is 13.1 Å². The van der Waals surface area contributed by atoms with E-state index in [-0.39, 0.29) is 5.91 Å². The van der Waals surface area contributed by atoms with Crippen molar-refractivity contribution in [3.05, 3.63) is 23.9 Å². The Morgan fingerprint density at radius 1 is 1.41 bits per heavy atom. The van der Waals surface area contributed by atoms with E-state index >= 15 is 0 Å². The number of nitrogens with zero attached hydrogens (tertiary/aromatic N) is 2. The van der Waals surface area contributed by atoms with Crippen molar-refractivity contribution < 1.29 is 4.79 Å². The Morgan fingerprint density at radius 3 is 2.65 bits per heavy atom. The Morgan fingerprint density at radius 2 is 2.06 bits per heavy atom. The second-order valence-electron chi connectivity index (χ2n) is 5.09. The monoisotopic (exact) mass is 233 g/mol. The van der Waals surface area contributed by atoms with Crippen molar-refractivity contribution in [3.8, 4) is 0 Å². The number of aromatic nitrogens is 1. The van der Waals surface area contributed by atoms with Crippen LogP contribution < -0.4 is 5.73 Å². The lowest BCUT2D eigenvalue weighted by Gasteiger charge is -2.35. The van der Waals surface area contributed by atoms with E-state index in [4.69, 9.17) is 5.73 Å². The summed E-state index contributed by atoms with van der Waals surface area (Å²) in [6, 6.07) is 3.50. The first kappa shape index (κ1) is 11.9. The molecule has 1 aliphatic heterocycles. The highest BCUT2D eigenvalue weighted by atomic mass is 16.2. The number of rotatable bonds is 1. The standard InChI is InChI=1S/C13H19N3O/c1-9-6-10(2)8-16(7-9)13(17)11-4-3-5-15-12(11)14/h3-5,9-10H,6-8H2,1-2H3,(H2,14,15). The van der Waals surface area contributed by atoms with E-state index in [1.165, 1.54) is 6.42 Å². The maximum Gasteiger partial charge on any atom is 0.257 e. The number of hydrogen-bond acceptors (Lipinski definition) is 3. The summed E-state index contributed by atoms with van der Waals surface area (Å²) >= 11 is 0. The Balaban J connectivity index is 2.17. The zero-order valence-corrected chi connectivity index (χ0v) is 10.4.